The van der Waals surface area contributed by atoms with Crippen LogP contribution in [-0.2, 0) is 17.5 Å². The Morgan fingerprint density at radius 2 is 2.07 bits per heavy atom. The number of nitrogens with zero attached hydrogens (tertiary/aromatic N) is 2. The van der Waals surface area contributed by atoms with Gasteiger partial charge in [-0.15, -0.1) is 0 Å². The smallest absolute Gasteiger partial charge is 0.433 e. The Labute approximate surface area is 171 Å². The van der Waals surface area contributed by atoms with Crippen LogP contribution in [0.5, 0.6) is 5.75 Å². The average Bonchev–Trinajstić information content (AvgIpc) is 3.37. The van der Waals surface area contributed by atoms with Crippen LogP contribution in [0.1, 0.15) is 42.1 Å². The number of carbonyl (C=O) groups is 1. The largest absolute Gasteiger partial charge is 0.436 e. The van der Waals surface area contributed by atoms with E-state index < -0.39 is 24.4 Å². The lowest BCUT2D eigenvalue weighted by molar-refractivity contribution is -0.142. The lowest BCUT2D eigenvalue weighted by atomic mass is 10.2. The van der Waals surface area contributed by atoms with Crippen molar-refractivity contribution in [3.05, 3.63) is 39.6 Å². The third-order valence-electron chi connectivity index (χ3n) is 4.34. The number of carbonyl (C=O) groups excluding carboxylic acids is 1. The number of nitrogens with one attached hydrogen (secondary N) is 1. The zero-order chi connectivity index (χ0) is 21.3. The molecular formula is C18H17BrF5N3O2. The molecular weight excluding hydrogens is 465 g/mol. The van der Waals surface area contributed by atoms with Crippen LogP contribution in [0.2, 0.25) is 0 Å². The minimum Gasteiger partial charge on any atom is -0.433 e. The van der Waals surface area contributed by atoms with Crippen LogP contribution in [0, 0.1) is 6.92 Å². The van der Waals surface area contributed by atoms with Gasteiger partial charge in [0.2, 0.25) is 5.91 Å². The summed E-state index contributed by atoms with van der Waals surface area (Å²) in [6.45, 7) is -1.43. The number of amides is 1. The van der Waals surface area contributed by atoms with Crippen molar-refractivity contribution in [3.63, 3.8) is 0 Å². The monoisotopic (exact) mass is 481 g/mol. The number of halogens is 6. The van der Waals surface area contributed by atoms with Crippen molar-refractivity contribution in [2.75, 3.05) is 5.32 Å². The normalized spacial score (nSPS) is 14.3. The van der Waals surface area contributed by atoms with Gasteiger partial charge in [0.15, 0.2) is 5.69 Å². The van der Waals surface area contributed by atoms with Gasteiger partial charge in [0.05, 0.1) is 22.4 Å². The summed E-state index contributed by atoms with van der Waals surface area (Å²) in [6, 6.07) is 4.33. The number of alkyl halides is 5. The summed E-state index contributed by atoms with van der Waals surface area (Å²) >= 11 is 2.99. The first-order valence-corrected chi connectivity index (χ1v) is 9.54. The molecule has 1 fully saturated rings. The van der Waals surface area contributed by atoms with Crippen LogP contribution in [0.25, 0.3) is 0 Å². The topological polar surface area (TPSA) is 56.1 Å². The van der Waals surface area contributed by atoms with Crippen LogP contribution in [0.3, 0.4) is 0 Å². The van der Waals surface area contributed by atoms with E-state index in [2.05, 4.69) is 31.1 Å². The first-order valence-electron chi connectivity index (χ1n) is 8.75. The van der Waals surface area contributed by atoms with E-state index in [1.54, 1.807) is 13.0 Å². The fourth-order valence-electron chi connectivity index (χ4n) is 2.91. The number of benzene rings is 1. The number of rotatable bonds is 7. The van der Waals surface area contributed by atoms with Gasteiger partial charge >= 0.3 is 12.8 Å². The van der Waals surface area contributed by atoms with Gasteiger partial charge < -0.3 is 10.1 Å². The molecule has 1 aromatic carbocycles. The molecule has 2 aromatic rings. The molecule has 0 atom stereocenters. The van der Waals surface area contributed by atoms with Gasteiger partial charge in [0.25, 0.3) is 0 Å². The van der Waals surface area contributed by atoms with E-state index >= 15 is 0 Å². The minimum atomic E-state index is -4.61. The molecule has 1 aliphatic carbocycles. The minimum absolute atomic E-state index is 0.0288. The predicted octanol–water partition coefficient (Wildman–Crippen LogP) is 5.48. The molecule has 1 heterocycles. The number of hydrogen-bond acceptors (Lipinski definition) is 3. The van der Waals surface area contributed by atoms with Gasteiger partial charge in [0, 0.05) is 12.3 Å². The second kappa shape index (κ2) is 8.29. The van der Waals surface area contributed by atoms with Gasteiger partial charge in [-0.3, -0.25) is 9.48 Å². The summed E-state index contributed by atoms with van der Waals surface area (Å²) in [4.78, 5) is 12.3. The Hall–Kier alpha value is -2.17. The maximum absolute atomic E-state index is 13.1. The fourth-order valence-corrected chi connectivity index (χ4v) is 3.74. The van der Waals surface area contributed by atoms with Crippen LogP contribution in [0.4, 0.5) is 27.6 Å². The van der Waals surface area contributed by atoms with Crippen molar-refractivity contribution in [3.8, 4) is 5.75 Å². The van der Waals surface area contributed by atoms with E-state index in [1.165, 1.54) is 16.8 Å². The van der Waals surface area contributed by atoms with E-state index in [9.17, 15) is 26.7 Å². The summed E-state index contributed by atoms with van der Waals surface area (Å²) in [5.41, 5.74) is 0.174. The van der Waals surface area contributed by atoms with Crippen molar-refractivity contribution in [2.45, 2.75) is 51.4 Å². The van der Waals surface area contributed by atoms with Crippen molar-refractivity contribution < 1.29 is 31.5 Å². The van der Waals surface area contributed by atoms with E-state index in [-0.39, 0.29) is 34.8 Å². The molecule has 29 heavy (non-hydrogen) atoms. The molecule has 11 heteroatoms. The first kappa shape index (κ1) is 21.5. The third kappa shape index (κ3) is 5.26. The average molecular weight is 482 g/mol. The zero-order valence-electron chi connectivity index (χ0n) is 15.2. The van der Waals surface area contributed by atoms with Gasteiger partial charge in [0.1, 0.15) is 5.75 Å². The highest BCUT2D eigenvalue weighted by atomic mass is 79.9. The van der Waals surface area contributed by atoms with E-state index in [0.717, 1.165) is 12.8 Å². The molecule has 0 spiro atoms. The molecule has 5 nitrogen and oxygen atoms in total. The van der Waals surface area contributed by atoms with Crippen LogP contribution in [-0.4, -0.2) is 22.3 Å². The maximum atomic E-state index is 13.1. The van der Waals surface area contributed by atoms with Crippen molar-refractivity contribution in [2.24, 2.45) is 0 Å². The first-order chi connectivity index (χ1) is 13.6. The Balaban J connectivity index is 1.73. The summed E-state index contributed by atoms with van der Waals surface area (Å²) in [5.74, 6) is -0.783. The van der Waals surface area contributed by atoms with E-state index in [1.807, 2.05) is 0 Å². The summed E-state index contributed by atoms with van der Waals surface area (Å²) < 4.78 is 69.9. The molecule has 0 radical (unpaired) electrons. The number of hydrogen-bond donors (Lipinski definition) is 1. The highest BCUT2D eigenvalue weighted by Gasteiger charge is 2.41. The number of aryl methyl sites for hydroxylation is 2. The molecule has 1 saturated carbocycles. The van der Waals surface area contributed by atoms with Crippen molar-refractivity contribution in [1.29, 1.82) is 0 Å². The van der Waals surface area contributed by atoms with Crippen LogP contribution >= 0.6 is 15.9 Å². The standard InChI is InChI=1S/C18H17BrF5N3O2/c1-9-2-5-12(29-17(20)21)11(8-9)25-13(28)6-7-27-15(10-3-4-10)14(19)16(26-27)18(22,23)24/h2,5,8,10,17H,3-4,6-7H2,1H3,(H,25,28). The molecule has 1 N–H and O–H groups in total. The highest BCUT2D eigenvalue weighted by Crippen LogP contribution is 2.47. The SMILES string of the molecule is Cc1ccc(OC(F)F)c(NC(=O)CCn2nc(C(F)(F)F)c(Br)c2C2CC2)c1. The van der Waals surface area contributed by atoms with Crippen LogP contribution in [0.15, 0.2) is 22.7 Å². The highest BCUT2D eigenvalue weighted by molar-refractivity contribution is 9.10. The second-order valence-corrected chi connectivity index (χ2v) is 7.51. The third-order valence-corrected chi connectivity index (χ3v) is 5.12. The molecule has 0 bridgehead atoms. The summed E-state index contributed by atoms with van der Waals surface area (Å²) in [7, 11) is 0. The Morgan fingerprint density at radius 1 is 1.38 bits per heavy atom. The van der Waals surface area contributed by atoms with Gasteiger partial charge in [-0.1, -0.05) is 6.07 Å². The van der Waals surface area contributed by atoms with Crippen molar-refractivity contribution in [1.82, 2.24) is 9.78 Å². The van der Waals surface area contributed by atoms with Crippen molar-refractivity contribution >= 4 is 27.5 Å². The molecule has 0 aliphatic heterocycles. The number of ether oxygens (including phenoxy) is 1. The zero-order valence-corrected chi connectivity index (χ0v) is 16.8. The molecule has 0 unspecified atom stereocenters. The van der Waals surface area contributed by atoms with Gasteiger partial charge in [-0.05, 0) is 53.4 Å². The Kier molecular flexibility index (Phi) is 6.16. The maximum Gasteiger partial charge on any atom is 0.436 e. The second-order valence-electron chi connectivity index (χ2n) is 6.72. The van der Waals surface area contributed by atoms with E-state index in [4.69, 9.17) is 0 Å². The Morgan fingerprint density at radius 3 is 2.66 bits per heavy atom. The lowest BCUT2D eigenvalue weighted by Gasteiger charge is -2.13. The molecule has 0 saturated heterocycles. The summed E-state index contributed by atoms with van der Waals surface area (Å²) in [6.07, 6.45) is -3.29. The van der Waals surface area contributed by atoms with E-state index in [0.29, 0.717) is 11.3 Å². The lowest BCUT2D eigenvalue weighted by Crippen LogP contribution is -2.17. The molecule has 1 amide bonds. The Bertz CT molecular complexity index is 910. The van der Waals surface area contributed by atoms with Gasteiger partial charge in [-0.25, -0.2) is 0 Å². The molecule has 1 aromatic heterocycles. The summed E-state index contributed by atoms with van der Waals surface area (Å²) in [5, 5.41) is 6.10. The molecule has 158 valence electrons. The number of aromatic nitrogens is 2. The number of anilines is 1. The van der Waals surface area contributed by atoms with Gasteiger partial charge in [-0.2, -0.15) is 27.1 Å². The molecule has 1 aliphatic rings. The molecule has 3 rings (SSSR count). The predicted molar refractivity (Wildman–Crippen MR) is 98.0 cm³/mol. The quantitative estimate of drug-likeness (QED) is 0.532. The van der Waals surface area contributed by atoms with Crippen LogP contribution < -0.4 is 10.1 Å². The fraction of sp³-hybridized carbons (Fsp3) is 0.444.